The quantitative estimate of drug-likeness (QED) is 0.897. The van der Waals surface area contributed by atoms with Gasteiger partial charge in [-0.3, -0.25) is 0 Å². The molecule has 2 unspecified atom stereocenters. The molecular formula is C15H23NO2S. The monoisotopic (exact) mass is 281 g/mol. The molecule has 0 bridgehead atoms. The Morgan fingerprint density at radius 3 is 2.68 bits per heavy atom. The van der Waals surface area contributed by atoms with Crippen LogP contribution in [0.2, 0.25) is 0 Å². The molecule has 19 heavy (non-hydrogen) atoms. The minimum absolute atomic E-state index is 0.254. The van der Waals surface area contributed by atoms with E-state index in [0.29, 0.717) is 11.5 Å². The van der Waals surface area contributed by atoms with Gasteiger partial charge in [0.15, 0.2) is 9.84 Å². The van der Waals surface area contributed by atoms with Crippen LogP contribution in [0.3, 0.4) is 0 Å². The predicted octanol–water partition coefficient (Wildman–Crippen LogP) is 1.95. The summed E-state index contributed by atoms with van der Waals surface area (Å²) >= 11 is 0. The van der Waals surface area contributed by atoms with Crippen LogP contribution in [0.1, 0.15) is 24.5 Å². The number of sulfone groups is 1. The van der Waals surface area contributed by atoms with Crippen molar-refractivity contribution in [3.8, 4) is 0 Å². The van der Waals surface area contributed by atoms with Crippen LogP contribution in [-0.4, -0.2) is 32.5 Å². The number of hydrogen-bond acceptors (Lipinski definition) is 3. The summed E-state index contributed by atoms with van der Waals surface area (Å²) in [5.74, 6) is 0.953. The van der Waals surface area contributed by atoms with Gasteiger partial charge in [-0.05, 0) is 43.4 Å². The zero-order valence-corrected chi connectivity index (χ0v) is 12.5. The normalized spacial score (nSPS) is 23.4. The van der Waals surface area contributed by atoms with Gasteiger partial charge >= 0.3 is 0 Å². The van der Waals surface area contributed by atoms with Crippen LogP contribution in [0, 0.1) is 12.8 Å². The molecule has 1 saturated heterocycles. The molecule has 0 spiro atoms. The standard InChI is InChI=1S/C15H23NO2S/c1-3-16-15(14-8-9-19(17,18)11-14)10-13-7-5-4-6-12(13)2/h4-7,14-16H,3,8-11H2,1-2H3. The van der Waals surface area contributed by atoms with Crippen molar-refractivity contribution < 1.29 is 8.42 Å². The van der Waals surface area contributed by atoms with Gasteiger partial charge in [-0.15, -0.1) is 0 Å². The van der Waals surface area contributed by atoms with Gasteiger partial charge in [0.25, 0.3) is 0 Å². The first-order valence-electron chi connectivity index (χ1n) is 7.00. The molecule has 0 amide bonds. The lowest BCUT2D eigenvalue weighted by atomic mass is 9.91. The van der Waals surface area contributed by atoms with Gasteiger partial charge in [-0.25, -0.2) is 8.42 Å². The Hall–Kier alpha value is -0.870. The second-order valence-corrected chi connectivity index (χ2v) is 7.69. The summed E-state index contributed by atoms with van der Waals surface area (Å²) < 4.78 is 23.3. The molecule has 1 N–H and O–H groups in total. The average molecular weight is 281 g/mol. The first-order valence-corrected chi connectivity index (χ1v) is 8.82. The number of likely N-dealkylation sites (N-methyl/N-ethyl adjacent to an activating group) is 1. The van der Waals surface area contributed by atoms with Crippen molar-refractivity contribution in [2.45, 2.75) is 32.7 Å². The van der Waals surface area contributed by atoms with Crippen molar-refractivity contribution in [3.05, 3.63) is 35.4 Å². The lowest BCUT2D eigenvalue weighted by molar-refractivity contribution is 0.385. The Morgan fingerprint density at radius 1 is 1.37 bits per heavy atom. The summed E-state index contributed by atoms with van der Waals surface area (Å²) in [6.07, 6.45) is 1.71. The summed E-state index contributed by atoms with van der Waals surface area (Å²) in [7, 11) is -2.80. The highest BCUT2D eigenvalue weighted by atomic mass is 32.2. The Labute approximate surface area is 116 Å². The molecule has 2 rings (SSSR count). The van der Waals surface area contributed by atoms with Crippen molar-refractivity contribution in [2.75, 3.05) is 18.1 Å². The van der Waals surface area contributed by atoms with E-state index in [4.69, 9.17) is 0 Å². The number of aryl methyl sites for hydroxylation is 1. The van der Waals surface area contributed by atoms with Crippen LogP contribution in [0.25, 0.3) is 0 Å². The Balaban J connectivity index is 2.11. The largest absolute Gasteiger partial charge is 0.314 e. The topological polar surface area (TPSA) is 46.2 Å². The van der Waals surface area contributed by atoms with E-state index in [1.54, 1.807) is 0 Å². The molecule has 1 fully saturated rings. The smallest absolute Gasteiger partial charge is 0.150 e. The van der Waals surface area contributed by atoms with Gasteiger partial charge in [-0.2, -0.15) is 0 Å². The van der Waals surface area contributed by atoms with Gasteiger partial charge in [0.2, 0.25) is 0 Å². The zero-order chi connectivity index (χ0) is 13.9. The van der Waals surface area contributed by atoms with Crippen molar-refractivity contribution >= 4 is 9.84 Å². The molecule has 1 heterocycles. The van der Waals surface area contributed by atoms with Crippen LogP contribution in [0.4, 0.5) is 0 Å². The maximum Gasteiger partial charge on any atom is 0.150 e. The first kappa shape index (κ1) is 14.5. The second-order valence-electron chi connectivity index (χ2n) is 5.46. The van der Waals surface area contributed by atoms with E-state index in [1.165, 1.54) is 11.1 Å². The minimum atomic E-state index is -2.80. The molecule has 1 aromatic carbocycles. The second kappa shape index (κ2) is 6.06. The number of rotatable bonds is 5. The SMILES string of the molecule is CCNC(Cc1ccccc1C)C1CCS(=O)(=O)C1. The third-order valence-electron chi connectivity index (χ3n) is 4.00. The van der Waals surface area contributed by atoms with E-state index in [9.17, 15) is 8.42 Å². The summed E-state index contributed by atoms with van der Waals surface area (Å²) in [6.45, 7) is 5.07. The summed E-state index contributed by atoms with van der Waals surface area (Å²) in [5, 5.41) is 3.47. The summed E-state index contributed by atoms with van der Waals surface area (Å²) in [6, 6.07) is 8.62. The molecule has 1 aliphatic heterocycles. The average Bonchev–Trinajstić information content (AvgIpc) is 2.72. The Bertz CT molecular complexity index is 525. The van der Waals surface area contributed by atoms with Crippen molar-refractivity contribution in [1.29, 1.82) is 0 Å². The third-order valence-corrected chi connectivity index (χ3v) is 5.80. The number of hydrogen-bond donors (Lipinski definition) is 1. The first-order chi connectivity index (χ1) is 9.02. The van der Waals surface area contributed by atoms with Crippen molar-refractivity contribution in [2.24, 2.45) is 5.92 Å². The third kappa shape index (κ3) is 3.80. The lowest BCUT2D eigenvalue weighted by Gasteiger charge is -2.24. The van der Waals surface area contributed by atoms with Crippen molar-refractivity contribution in [1.82, 2.24) is 5.32 Å². The fourth-order valence-corrected chi connectivity index (χ4v) is 4.76. The fraction of sp³-hybridized carbons (Fsp3) is 0.600. The highest BCUT2D eigenvalue weighted by molar-refractivity contribution is 7.91. The Kier molecular flexibility index (Phi) is 4.63. The highest BCUT2D eigenvalue weighted by Gasteiger charge is 2.33. The minimum Gasteiger partial charge on any atom is -0.314 e. The van der Waals surface area contributed by atoms with E-state index in [0.717, 1.165) is 19.4 Å². The van der Waals surface area contributed by atoms with Gasteiger partial charge in [0.05, 0.1) is 11.5 Å². The summed E-state index contributed by atoms with van der Waals surface area (Å²) in [4.78, 5) is 0. The van der Waals surface area contributed by atoms with Gasteiger partial charge in [0.1, 0.15) is 0 Å². The molecule has 4 heteroatoms. The fourth-order valence-electron chi connectivity index (χ4n) is 2.88. The molecule has 3 nitrogen and oxygen atoms in total. The molecule has 1 aliphatic rings. The van der Waals surface area contributed by atoms with Gasteiger partial charge in [0, 0.05) is 6.04 Å². The molecule has 1 aromatic rings. The van der Waals surface area contributed by atoms with E-state index in [2.05, 4.69) is 37.4 Å². The zero-order valence-electron chi connectivity index (χ0n) is 11.7. The Morgan fingerprint density at radius 2 is 2.11 bits per heavy atom. The van der Waals surface area contributed by atoms with Crippen LogP contribution in [0.15, 0.2) is 24.3 Å². The lowest BCUT2D eigenvalue weighted by Crippen LogP contribution is -2.38. The van der Waals surface area contributed by atoms with Crippen LogP contribution >= 0.6 is 0 Å². The van der Waals surface area contributed by atoms with Crippen molar-refractivity contribution in [3.63, 3.8) is 0 Å². The molecule has 2 atom stereocenters. The maximum atomic E-state index is 11.6. The van der Waals surface area contributed by atoms with E-state index < -0.39 is 9.84 Å². The van der Waals surface area contributed by atoms with Crippen LogP contribution in [0.5, 0.6) is 0 Å². The maximum absolute atomic E-state index is 11.6. The highest BCUT2D eigenvalue weighted by Crippen LogP contribution is 2.24. The molecule has 106 valence electrons. The van der Waals surface area contributed by atoms with Crippen LogP contribution in [-0.2, 0) is 16.3 Å². The molecule has 0 aromatic heterocycles. The van der Waals surface area contributed by atoms with Crippen LogP contribution < -0.4 is 5.32 Å². The van der Waals surface area contributed by atoms with Gasteiger partial charge < -0.3 is 5.32 Å². The molecule has 0 saturated carbocycles. The molecular weight excluding hydrogens is 258 g/mol. The summed E-state index contributed by atoms with van der Waals surface area (Å²) in [5.41, 5.74) is 2.60. The van der Waals surface area contributed by atoms with E-state index in [1.807, 2.05) is 6.07 Å². The van der Waals surface area contributed by atoms with E-state index >= 15 is 0 Å². The molecule has 0 radical (unpaired) electrons. The number of nitrogens with one attached hydrogen (secondary N) is 1. The molecule has 0 aliphatic carbocycles. The van der Waals surface area contributed by atoms with Gasteiger partial charge in [-0.1, -0.05) is 31.2 Å². The predicted molar refractivity (Wildman–Crippen MR) is 79.1 cm³/mol. The number of benzene rings is 1. The van der Waals surface area contributed by atoms with E-state index in [-0.39, 0.29) is 12.0 Å².